The zero-order chi connectivity index (χ0) is 11.5. The summed E-state index contributed by atoms with van der Waals surface area (Å²) in [6, 6.07) is 14.4. The summed E-state index contributed by atoms with van der Waals surface area (Å²) >= 11 is 3.48. The molecule has 0 spiro atoms. The minimum atomic E-state index is 0.906. The molecule has 0 aliphatic carbocycles. The molecule has 0 aromatic heterocycles. The summed E-state index contributed by atoms with van der Waals surface area (Å²) in [7, 11) is 1.70. The van der Waals surface area contributed by atoms with Gasteiger partial charge in [0.25, 0.3) is 0 Å². The molecule has 2 aromatic carbocycles. The highest BCUT2D eigenvalue weighted by Gasteiger charge is 2.05. The summed E-state index contributed by atoms with van der Waals surface area (Å²) < 4.78 is 6.46. The third-order valence-corrected chi connectivity index (χ3v) is 2.98. The average molecular weight is 277 g/mol. The van der Waals surface area contributed by atoms with Crippen molar-refractivity contribution in [1.82, 2.24) is 0 Å². The van der Waals surface area contributed by atoms with Crippen molar-refractivity contribution in [1.29, 1.82) is 0 Å². The number of benzene rings is 2. The molecule has 0 unspecified atom stereocenters. The van der Waals surface area contributed by atoms with Crippen molar-refractivity contribution in [3.63, 3.8) is 0 Å². The standard InChI is InChI=1S/C14H13BrO/c1-10-6-7-14(16-2)13(8-10)11-4-3-5-12(15)9-11/h3-9H,1-2H3. The van der Waals surface area contributed by atoms with Crippen LogP contribution >= 0.6 is 15.9 Å². The number of hydrogen-bond donors (Lipinski definition) is 0. The molecule has 16 heavy (non-hydrogen) atoms. The Morgan fingerprint density at radius 3 is 2.56 bits per heavy atom. The summed E-state index contributed by atoms with van der Waals surface area (Å²) in [4.78, 5) is 0. The summed E-state index contributed by atoms with van der Waals surface area (Å²) in [6.07, 6.45) is 0. The maximum atomic E-state index is 5.38. The van der Waals surface area contributed by atoms with Crippen molar-refractivity contribution < 1.29 is 4.74 Å². The predicted molar refractivity (Wildman–Crippen MR) is 70.9 cm³/mol. The van der Waals surface area contributed by atoms with Crippen molar-refractivity contribution >= 4 is 15.9 Å². The number of rotatable bonds is 2. The lowest BCUT2D eigenvalue weighted by Crippen LogP contribution is -1.88. The molecule has 2 aromatic rings. The molecule has 0 radical (unpaired) electrons. The Labute approximate surface area is 104 Å². The van der Waals surface area contributed by atoms with Gasteiger partial charge in [0.15, 0.2) is 0 Å². The van der Waals surface area contributed by atoms with Gasteiger partial charge in [-0.1, -0.05) is 39.7 Å². The largest absolute Gasteiger partial charge is 0.496 e. The molecule has 0 saturated heterocycles. The highest BCUT2D eigenvalue weighted by atomic mass is 79.9. The maximum absolute atomic E-state index is 5.38. The van der Waals surface area contributed by atoms with Gasteiger partial charge in [0, 0.05) is 10.0 Å². The molecule has 0 aliphatic rings. The Hall–Kier alpha value is -1.28. The van der Waals surface area contributed by atoms with E-state index in [0.717, 1.165) is 21.3 Å². The van der Waals surface area contributed by atoms with Crippen LogP contribution in [0.2, 0.25) is 0 Å². The van der Waals surface area contributed by atoms with Crippen LogP contribution in [0.15, 0.2) is 46.9 Å². The van der Waals surface area contributed by atoms with Gasteiger partial charge in [-0.25, -0.2) is 0 Å². The first-order chi connectivity index (χ1) is 7.70. The predicted octanol–water partition coefficient (Wildman–Crippen LogP) is 4.43. The van der Waals surface area contributed by atoms with Gasteiger partial charge in [0.2, 0.25) is 0 Å². The van der Waals surface area contributed by atoms with E-state index in [2.05, 4.69) is 47.1 Å². The monoisotopic (exact) mass is 276 g/mol. The highest BCUT2D eigenvalue weighted by Crippen LogP contribution is 2.32. The Morgan fingerprint density at radius 1 is 1.06 bits per heavy atom. The van der Waals surface area contributed by atoms with Crippen molar-refractivity contribution in [2.75, 3.05) is 7.11 Å². The zero-order valence-corrected chi connectivity index (χ0v) is 10.9. The van der Waals surface area contributed by atoms with Crippen molar-refractivity contribution in [3.8, 4) is 16.9 Å². The Kier molecular flexibility index (Phi) is 3.30. The summed E-state index contributed by atoms with van der Waals surface area (Å²) in [5, 5.41) is 0. The quantitative estimate of drug-likeness (QED) is 0.788. The summed E-state index contributed by atoms with van der Waals surface area (Å²) in [5.74, 6) is 0.906. The SMILES string of the molecule is COc1ccc(C)cc1-c1cccc(Br)c1. The molecular weight excluding hydrogens is 264 g/mol. The van der Waals surface area contributed by atoms with Gasteiger partial charge >= 0.3 is 0 Å². The fraction of sp³-hybridized carbons (Fsp3) is 0.143. The third kappa shape index (κ3) is 2.27. The van der Waals surface area contributed by atoms with E-state index in [4.69, 9.17) is 4.74 Å². The van der Waals surface area contributed by atoms with Crippen LogP contribution in [0.5, 0.6) is 5.75 Å². The summed E-state index contributed by atoms with van der Waals surface area (Å²) in [5.41, 5.74) is 3.52. The van der Waals surface area contributed by atoms with Crippen LogP contribution in [0.4, 0.5) is 0 Å². The first-order valence-electron chi connectivity index (χ1n) is 5.11. The molecule has 0 amide bonds. The van der Waals surface area contributed by atoms with E-state index in [1.807, 2.05) is 18.2 Å². The number of halogens is 1. The molecule has 0 N–H and O–H groups in total. The maximum Gasteiger partial charge on any atom is 0.126 e. The number of methoxy groups -OCH3 is 1. The number of hydrogen-bond acceptors (Lipinski definition) is 1. The number of ether oxygens (including phenoxy) is 1. The van der Waals surface area contributed by atoms with Crippen LogP contribution < -0.4 is 4.74 Å². The van der Waals surface area contributed by atoms with Gasteiger partial charge in [-0.2, -0.15) is 0 Å². The van der Waals surface area contributed by atoms with Crippen molar-refractivity contribution in [3.05, 3.63) is 52.5 Å². The van der Waals surface area contributed by atoms with Crippen LogP contribution in [0.1, 0.15) is 5.56 Å². The van der Waals surface area contributed by atoms with E-state index < -0.39 is 0 Å². The van der Waals surface area contributed by atoms with Crippen LogP contribution in [-0.2, 0) is 0 Å². The zero-order valence-electron chi connectivity index (χ0n) is 9.33. The lowest BCUT2D eigenvalue weighted by molar-refractivity contribution is 0.416. The van der Waals surface area contributed by atoms with Crippen LogP contribution in [0.25, 0.3) is 11.1 Å². The van der Waals surface area contributed by atoms with Gasteiger partial charge in [0.05, 0.1) is 7.11 Å². The lowest BCUT2D eigenvalue weighted by atomic mass is 10.0. The lowest BCUT2D eigenvalue weighted by Gasteiger charge is -2.09. The van der Waals surface area contributed by atoms with Gasteiger partial charge in [-0.05, 0) is 36.8 Å². The highest BCUT2D eigenvalue weighted by molar-refractivity contribution is 9.10. The van der Waals surface area contributed by atoms with Crippen molar-refractivity contribution in [2.45, 2.75) is 6.92 Å². The molecule has 0 heterocycles. The van der Waals surface area contributed by atoms with Gasteiger partial charge in [-0.3, -0.25) is 0 Å². The fourth-order valence-electron chi connectivity index (χ4n) is 1.70. The first-order valence-corrected chi connectivity index (χ1v) is 5.90. The molecular formula is C14H13BrO. The van der Waals surface area contributed by atoms with E-state index in [-0.39, 0.29) is 0 Å². The second-order valence-electron chi connectivity index (χ2n) is 3.71. The molecule has 82 valence electrons. The molecule has 2 heteroatoms. The Balaban J connectivity index is 2.58. The van der Waals surface area contributed by atoms with E-state index in [1.165, 1.54) is 5.56 Å². The molecule has 1 nitrogen and oxygen atoms in total. The van der Waals surface area contributed by atoms with Crippen LogP contribution in [0, 0.1) is 6.92 Å². The summed E-state index contributed by atoms with van der Waals surface area (Å²) in [6.45, 7) is 2.08. The minimum absolute atomic E-state index is 0.906. The number of aryl methyl sites for hydroxylation is 1. The van der Waals surface area contributed by atoms with E-state index in [0.29, 0.717) is 0 Å². The smallest absolute Gasteiger partial charge is 0.126 e. The topological polar surface area (TPSA) is 9.23 Å². The van der Waals surface area contributed by atoms with E-state index >= 15 is 0 Å². The molecule has 0 aliphatic heterocycles. The molecule has 0 bridgehead atoms. The van der Waals surface area contributed by atoms with Gasteiger partial charge in [0.1, 0.15) is 5.75 Å². The van der Waals surface area contributed by atoms with E-state index in [9.17, 15) is 0 Å². The molecule has 0 atom stereocenters. The second-order valence-corrected chi connectivity index (χ2v) is 4.63. The molecule has 2 rings (SSSR count). The van der Waals surface area contributed by atoms with Crippen LogP contribution in [-0.4, -0.2) is 7.11 Å². The minimum Gasteiger partial charge on any atom is -0.496 e. The normalized spacial score (nSPS) is 10.2. The molecule has 0 fully saturated rings. The van der Waals surface area contributed by atoms with Crippen LogP contribution in [0.3, 0.4) is 0 Å². The molecule has 0 saturated carbocycles. The Morgan fingerprint density at radius 2 is 1.88 bits per heavy atom. The first kappa shape index (κ1) is 11.2. The average Bonchev–Trinajstić information content (AvgIpc) is 2.29. The Bertz CT molecular complexity index is 506. The third-order valence-electron chi connectivity index (χ3n) is 2.49. The van der Waals surface area contributed by atoms with Crippen molar-refractivity contribution in [2.24, 2.45) is 0 Å². The van der Waals surface area contributed by atoms with Gasteiger partial charge < -0.3 is 4.74 Å². The second kappa shape index (κ2) is 4.71. The van der Waals surface area contributed by atoms with E-state index in [1.54, 1.807) is 7.11 Å². The fourth-order valence-corrected chi connectivity index (χ4v) is 2.10. The van der Waals surface area contributed by atoms with Gasteiger partial charge in [-0.15, -0.1) is 0 Å².